The molecule has 1 amide bonds. The van der Waals surface area contributed by atoms with E-state index < -0.39 is 0 Å². The van der Waals surface area contributed by atoms with E-state index in [1.807, 2.05) is 21.0 Å². The number of nitrogens with one attached hydrogen (secondary N) is 2. The summed E-state index contributed by atoms with van der Waals surface area (Å²) >= 11 is 0. The van der Waals surface area contributed by atoms with E-state index in [2.05, 4.69) is 15.5 Å². The SMILES string of the molecule is CCCNc1c(F)cccc1C(=O)NCCCCN(C)C. The van der Waals surface area contributed by atoms with Gasteiger partial charge in [0.25, 0.3) is 5.91 Å². The molecule has 21 heavy (non-hydrogen) atoms. The van der Waals surface area contributed by atoms with Gasteiger partial charge >= 0.3 is 0 Å². The third kappa shape index (κ3) is 6.12. The molecule has 0 heterocycles. The van der Waals surface area contributed by atoms with Crippen molar-refractivity contribution in [1.29, 1.82) is 0 Å². The summed E-state index contributed by atoms with van der Waals surface area (Å²) in [6, 6.07) is 4.58. The molecule has 1 rings (SSSR count). The topological polar surface area (TPSA) is 44.4 Å². The van der Waals surface area contributed by atoms with E-state index in [1.54, 1.807) is 12.1 Å². The first-order valence-corrected chi connectivity index (χ1v) is 7.51. The van der Waals surface area contributed by atoms with Gasteiger partial charge in [0, 0.05) is 13.1 Å². The maximum Gasteiger partial charge on any atom is 0.253 e. The number of benzene rings is 1. The minimum atomic E-state index is -0.385. The molecule has 0 fully saturated rings. The molecule has 0 aliphatic carbocycles. The zero-order valence-electron chi connectivity index (χ0n) is 13.2. The van der Waals surface area contributed by atoms with Crippen LogP contribution in [-0.4, -0.2) is 44.5 Å². The third-order valence-corrected chi connectivity index (χ3v) is 3.13. The van der Waals surface area contributed by atoms with Gasteiger partial charge < -0.3 is 15.5 Å². The van der Waals surface area contributed by atoms with Gasteiger partial charge in [-0.05, 0) is 52.0 Å². The normalized spacial score (nSPS) is 10.7. The maximum absolute atomic E-state index is 13.8. The van der Waals surface area contributed by atoms with Crippen LogP contribution in [-0.2, 0) is 0 Å². The largest absolute Gasteiger partial charge is 0.382 e. The van der Waals surface area contributed by atoms with E-state index in [0.717, 1.165) is 25.8 Å². The van der Waals surface area contributed by atoms with Gasteiger partial charge in [0.15, 0.2) is 0 Å². The lowest BCUT2D eigenvalue weighted by Gasteiger charge is -2.13. The summed E-state index contributed by atoms with van der Waals surface area (Å²) in [7, 11) is 4.05. The number of rotatable bonds is 9. The molecule has 0 spiro atoms. The molecule has 0 bridgehead atoms. The zero-order valence-corrected chi connectivity index (χ0v) is 13.2. The standard InChI is InChI=1S/C16H26FN3O/c1-4-10-18-15-13(8-7-9-14(15)17)16(21)19-11-5-6-12-20(2)3/h7-9,18H,4-6,10-12H2,1-3H3,(H,19,21). The van der Waals surface area contributed by atoms with Crippen LogP contribution < -0.4 is 10.6 Å². The summed E-state index contributed by atoms with van der Waals surface area (Å²) in [6.07, 6.45) is 2.81. The molecular weight excluding hydrogens is 269 g/mol. The van der Waals surface area contributed by atoms with Crippen LogP contribution in [0.25, 0.3) is 0 Å². The number of anilines is 1. The molecule has 2 N–H and O–H groups in total. The van der Waals surface area contributed by atoms with Gasteiger partial charge in [-0.2, -0.15) is 0 Å². The Morgan fingerprint density at radius 3 is 2.67 bits per heavy atom. The van der Waals surface area contributed by atoms with E-state index >= 15 is 0 Å². The van der Waals surface area contributed by atoms with Crippen LogP contribution in [0.5, 0.6) is 0 Å². The minimum Gasteiger partial charge on any atom is -0.382 e. The van der Waals surface area contributed by atoms with Crippen molar-refractivity contribution in [2.45, 2.75) is 26.2 Å². The van der Waals surface area contributed by atoms with Crippen molar-refractivity contribution in [3.05, 3.63) is 29.6 Å². The summed E-state index contributed by atoms with van der Waals surface area (Å²) < 4.78 is 13.8. The fourth-order valence-corrected chi connectivity index (χ4v) is 1.99. The molecule has 0 unspecified atom stereocenters. The molecule has 118 valence electrons. The van der Waals surface area contributed by atoms with Crippen molar-refractivity contribution in [2.75, 3.05) is 39.0 Å². The van der Waals surface area contributed by atoms with Crippen LogP contribution in [0.1, 0.15) is 36.5 Å². The minimum absolute atomic E-state index is 0.224. The van der Waals surface area contributed by atoms with Crippen LogP contribution >= 0.6 is 0 Å². The number of hydrogen-bond acceptors (Lipinski definition) is 3. The number of nitrogens with zero attached hydrogens (tertiary/aromatic N) is 1. The summed E-state index contributed by atoms with van der Waals surface area (Å²) in [5.41, 5.74) is 0.668. The second-order valence-electron chi connectivity index (χ2n) is 5.36. The molecular formula is C16H26FN3O. The predicted molar refractivity (Wildman–Crippen MR) is 85.3 cm³/mol. The number of hydrogen-bond donors (Lipinski definition) is 2. The molecule has 0 aromatic heterocycles. The Morgan fingerprint density at radius 2 is 2.00 bits per heavy atom. The molecule has 0 saturated heterocycles. The van der Waals surface area contributed by atoms with Gasteiger partial charge in [-0.3, -0.25) is 4.79 Å². The molecule has 0 aliphatic rings. The Hall–Kier alpha value is -1.62. The second-order valence-corrected chi connectivity index (χ2v) is 5.36. The maximum atomic E-state index is 13.8. The summed E-state index contributed by atoms with van der Waals surface area (Å²) in [5.74, 6) is -0.610. The van der Waals surface area contributed by atoms with Gasteiger partial charge in [0.05, 0.1) is 11.3 Å². The second kappa shape index (κ2) is 9.34. The highest BCUT2D eigenvalue weighted by molar-refractivity contribution is 5.99. The first-order valence-electron chi connectivity index (χ1n) is 7.51. The molecule has 0 radical (unpaired) electrons. The highest BCUT2D eigenvalue weighted by Crippen LogP contribution is 2.19. The first kappa shape index (κ1) is 17.4. The smallest absolute Gasteiger partial charge is 0.253 e. The molecule has 5 heteroatoms. The van der Waals surface area contributed by atoms with Crippen molar-refractivity contribution in [3.63, 3.8) is 0 Å². The van der Waals surface area contributed by atoms with Crippen LogP contribution in [0.2, 0.25) is 0 Å². The summed E-state index contributed by atoms with van der Waals surface area (Å²) in [4.78, 5) is 14.3. The molecule has 1 aromatic rings. The number of para-hydroxylation sites is 1. The highest BCUT2D eigenvalue weighted by Gasteiger charge is 2.14. The molecule has 0 saturated carbocycles. The average Bonchev–Trinajstić information content (AvgIpc) is 2.45. The number of carbonyl (C=O) groups excluding carboxylic acids is 1. The van der Waals surface area contributed by atoms with Gasteiger partial charge in [0.1, 0.15) is 5.82 Å². The predicted octanol–water partition coefficient (Wildman–Crippen LogP) is 2.72. The Kier molecular flexibility index (Phi) is 7.75. The van der Waals surface area contributed by atoms with Crippen molar-refractivity contribution >= 4 is 11.6 Å². The third-order valence-electron chi connectivity index (χ3n) is 3.13. The fraction of sp³-hybridized carbons (Fsp3) is 0.562. The van der Waals surface area contributed by atoms with Crippen LogP contribution in [0.4, 0.5) is 10.1 Å². The summed E-state index contributed by atoms with van der Waals surface area (Å²) in [6.45, 7) is 4.25. The van der Waals surface area contributed by atoms with E-state index in [4.69, 9.17) is 0 Å². The lowest BCUT2D eigenvalue weighted by molar-refractivity contribution is 0.0953. The van der Waals surface area contributed by atoms with E-state index in [0.29, 0.717) is 24.3 Å². The first-order chi connectivity index (χ1) is 10.1. The Bertz CT molecular complexity index is 449. The zero-order chi connectivity index (χ0) is 15.7. The number of halogens is 1. The van der Waals surface area contributed by atoms with E-state index in [9.17, 15) is 9.18 Å². The molecule has 1 aromatic carbocycles. The lowest BCUT2D eigenvalue weighted by atomic mass is 10.1. The van der Waals surface area contributed by atoms with Gasteiger partial charge in [-0.15, -0.1) is 0 Å². The Balaban J connectivity index is 2.55. The molecule has 0 atom stereocenters. The quantitative estimate of drug-likeness (QED) is 0.689. The average molecular weight is 295 g/mol. The Morgan fingerprint density at radius 1 is 1.24 bits per heavy atom. The van der Waals surface area contributed by atoms with Crippen LogP contribution in [0.15, 0.2) is 18.2 Å². The number of carbonyl (C=O) groups is 1. The number of unbranched alkanes of at least 4 members (excludes halogenated alkanes) is 1. The molecule has 0 aliphatic heterocycles. The van der Waals surface area contributed by atoms with Gasteiger partial charge in [-0.25, -0.2) is 4.39 Å². The number of amides is 1. The van der Waals surface area contributed by atoms with Crippen molar-refractivity contribution in [1.82, 2.24) is 10.2 Å². The van der Waals surface area contributed by atoms with E-state index in [-0.39, 0.29) is 11.7 Å². The summed E-state index contributed by atoms with van der Waals surface area (Å²) in [5, 5.41) is 5.84. The van der Waals surface area contributed by atoms with Crippen LogP contribution in [0, 0.1) is 5.82 Å². The van der Waals surface area contributed by atoms with E-state index in [1.165, 1.54) is 6.07 Å². The van der Waals surface area contributed by atoms with Crippen molar-refractivity contribution in [2.24, 2.45) is 0 Å². The fourth-order valence-electron chi connectivity index (χ4n) is 1.99. The monoisotopic (exact) mass is 295 g/mol. The van der Waals surface area contributed by atoms with Crippen molar-refractivity contribution in [3.8, 4) is 0 Å². The van der Waals surface area contributed by atoms with Crippen LogP contribution in [0.3, 0.4) is 0 Å². The highest BCUT2D eigenvalue weighted by atomic mass is 19.1. The van der Waals surface area contributed by atoms with Crippen molar-refractivity contribution < 1.29 is 9.18 Å². The molecule has 4 nitrogen and oxygen atoms in total. The lowest BCUT2D eigenvalue weighted by Crippen LogP contribution is -2.26. The van der Waals surface area contributed by atoms with Gasteiger partial charge in [0.2, 0.25) is 0 Å². The Labute approximate surface area is 126 Å². The van der Waals surface area contributed by atoms with Gasteiger partial charge in [-0.1, -0.05) is 13.0 Å².